The van der Waals surface area contributed by atoms with Gasteiger partial charge in [0, 0.05) is 29.1 Å². The van der Waals surface area contributed by atoms with E-state index in [0.717, 1.165) is 38.5 Å². The van der Waals surface area contributed by atoms with E-state index in [4.69, 9.17) is 23.2 Å². The van der Waals surface area contributed by atoms with Crippen LogP contribution in [0.1, 0.15) is 22.6 Å². The summed E-state index contributed by atoms with van der Waals surface area (Å²) in [6.07, 6.45) is 7.40. The standard InChI is InChI=1S/C21H14Cl2N4O/c22-19-5-13-15(7-24-17(13)9-26-19)21(11-1-3-12(28)4-2-11)16-8-25-18-10-27-20(23)6-14(16)18/h1-10,21,24-25,28H. The molecule has 1 aromatic carbocycles. The Morgan fingerprint density at radius 2 is 1.29 bits per heavy atom. The molecule has 7 heteroatoms. The molecule has 5 aromatic rings. The van der Waals surface area contributed by atoms with Crippen LogP contribution in [0.3, 0.4) is 0 Å². The van der Waals surface area contributed by atoms with Gasteiger partial charge in [0.2, 0.25) is 0 Å². The Morgan fingerprint density at radius 3 is 1.79 bits per heavy atom. The van der Waals surface area contributed by atoms with Gasteiger partial charge in [-0.3, -0.25) is 0 Å². The van der Waals surface area contributed by atoms with Gasteiger partial charge in [-0.25, -0.2) is 9.97 Å². The first-order valence-corrected chi connectivity index (χ1v) is 9.40. The molecule has 0 unspecified atom stereocenters. The number of fused-ring (bicyclic) bond motifs is 2. The van der Waals surface area contributed by atoms with E-state index in [1.807, 2.05) is 36.7 Å². The molecule has 3 N–H and O–H groups in total. The number of aromatic amines is 2. The molecule has 0 aliphatic heterocycles. The van der Waals surface area contributed by atoms with Gasteiger partial charge < -0.3 is 15.1 Å². The molecule has 0 fully saturated rings. The molecule has 5 nitrogen and oxygen atoms in total. The Bertz CT molecular complexity index is 1230. The molecule has 4 heterocycles. The molecule has 0 radical (unpaired) electrons. The predicted octanol–water partition coefficient (Wildman–Crippen LogP) is 5.63. The highest BCUT2D eigenvalue weighted by molar-refractivity contribution is 6.30. The van der Waals surface area contributed by atoms with Crippen molar-refractivity contribution >= 4 is 45.0 Å². The lowest BCUT2D eigenvalue weighted by molar-refractivity contribution is 0.475. The fourth-order valence-corrected chi connectivity index (χ4v) is 4.02. The minimum atomic E-state index is -0.111. The average Bonchev–Trinajstić information content (AvgIpc) is 3.28. The molecular formula is C21H14Cl2N4O. The van der Waals surface area contributed by atoms with Gasteiger partial charge in [-0.2, -0.15) is 0 Å². The number of hydrogen-bond acceptors (Lipinski definition) is 3. The Kier molecular flexibility index (Phi) is 4.00. The van der Waals surface area contributed by atoms with Gasteiger partial charge >= 0.3 is 0 Å². The highest BCUT2D eigenvalue weighted by Crippen LogP contribution is 2.40. The number of benzene rings is 1. The van der Waals surface area contributed by atoms with Crippen molar-refractivity contribution in [3.8, 4) is 5.75 Å². The third kappa shape index (κ3) is 2.80. The van der Waals surface area contributed by atoms with Crippen molar-refractivity contribution < 1.29 is 5.11 Å². The van der Waals surface area contributed by atoms with Crippen molar-refractivity contribution in [1.82, 2.24) is 19.9 Å². The number of nitrogens with zero attached hydrogens (tertiary/aromatic N) is 2. The third-order valence-electron chi connectivity index (χ3n) is 4.98. The number of phenolic OH excluding ortho intramolecular Hbond substituents is 1. The van der Waals surface area contributed by atoms with Gasteiger partial charge in [0.15, 0.2) is 0 Å². The first kappa shape index (κ1) is 17.1. The molecule has 0 saturated heterocycles. The summed E-state index contributed by atoms with van der Waals surface area (Å²) in [5.41, 5.74) is 4.95. The lowest BCUT2D eigenvalue weighted by atomic mass is 9.85. The number of H-pyrrole nitrogens is 2. The van der Waals surface area contributed by atoms with Crippen LogP contribution in [0.5, 0.6) is 5.75 Å². The summed E-state index contributed by atoms with van der Waals surface area (Å²) in [5, 5.41) is 12.6. The van der Waals surface area contributed by atoms with E-state index in [-0.39, 0.29) is 11.7 Å². The van der Waals surface area contributed by atoms with E-state index in [9.17, 15) is 5.11 Å². The predicted molar refractivity (Wildman–Crippen MR) is 111 cm³/mol. The largest absolute Gasteiger partial charge is 0.508 e. The second-order valence-electron chi connectivity index (χ2n) is 6.62. The SMILES string of the molecule is Oc1ccc(C(c2c[nH]c3cnc(Cl)cc23)c2c[nH]c3cnc(Cl)cc23)cc1. The van der Waals surface area contributed by atoms with Crippen LogP contribution < -0.4 is 0 Å². The second kappa shape index (κ2) is 6.55. The molecular weight excluding hydrogens is 395 g/mol. The monoisotopic (exact) mass is 408 g/mol. The summed E-state index contributed by atoms with van der Waals surface area (Å²) in [6, 6.07) is 10.9. The maximum atomic E-state index is 9.75. The minimum absolute atomic E-state index is 0.111. The Morgan fingerprint density at radius 1 is 0.786 bits per heavy atom. The first-order chi connectivity index (χ1) is 13.6. The van der Waals surface area contributed by atoms with Gasteiger partial charge in [0.25, 0.3) is 0 Å². The fourth-order valence-electron chi connectivity index (χ4n) is 3.71. The highest BCUT2D eigenvalue weighted by atomic mass is 35.5. The van der Waals surface area contributed by atoms with Crippen molar-refractivity contribution in [2.24, 2.45) is 0 Å². The van der Waals surface area contributed by atoms with Gasteiger partial charge in [-0.1, -0.05) is 35.3 Å². The number of aromatic hydroxyl groups is 1. The van der Waals surface area contributed by atoms with Gasteiger partial charge in [-0.05, 0) is 41.0 Å². The smallest absolute Gasteiger partial charge is 0.129 e. The number of hydrogen-bond donors (Lipinski definition) is 3. The maximum Gasteiger partial charge on any atom is 0.129 e. The van der Waals surface area contributed by atoms with Crippen LogP contribution in [-0.4, -0.2) is 25.0 Å². The topological polar surface area (TPSA) is 77.6 Å². The highest BCUT2D eigenvalue weighted by Gasteiger charge is 2.24. The van der Waals surface area contributed by atoms with E-state index in [1.165, 1.54) is 0 Å². The van der Waals surface area contributed by atoms with Crippen molar-refractivity contribution in [2.75, 3.05) is 0 Å². The third-order valence-corrected chi connectivity index (χ3v) is 5.39. The van der Waals surface area contributed by atoms with Gasteiger partial charge in [0.05, 0.1) is 23.4 Å². The molecule has 5 rings (SSSR count). The van der Waals surface area contributed by atoms with Crippen LogP contribution in [0.4, 0.5) is 0 Å². The number of nitrogens with one attached hydrogen (secondary N) is 2. The fraction of sp³-hybridized carbons (Fsp3) is 0.0476. The van der Waals surface area contributed by atoms with E-state index in [1.54, 1.807) is 24.5 Å². The average molecular weight is 409 g/mol. The van der Waals surface area contributed by atoms with Crippen LogP contribution in [0.15, 0.2) is 61.2 Å². The number of rotatable bonds is 3. The Hall–Kier alpha value is -3.02. The van der Waals surface area contributed by atoms with Gasteiger partial charge in [0.1, 0.15) is 16.1 Å². The summed E-state index contributed by atoms with van der Waals surface area (Å²) in [7, 11) is 0. The molecule has 0 atom stereocenters. The van der Waals surface area contributed by atoms with E-state index in [2.05, 4.69) is 19.9 Å². The Labute approximate surface area is 170 Å². The molecule has 0 bridgehead atoms. The van der Waals surface area contributed by atoms with E-state index >= 15 is 0 Å². The normalized spacial score (nSPS) is 11.7. The molecule has 0 spiro atoms. The lowest BCUT2D eigenvalue weighted by Crippen LogP contribution is -2.02. The van der Waals surface area contributed by atoms with Crippen LogP contribution in [-0.2, 0) is 0 Å². The minimum Gasteiger partial charge on any atom is -0.508 e. The molecule has 0 saturated carbocycles. The van der Waals surface area contributed by atoms with Crippen LogP contribution in [0, 0.1) is 0 Å². The van der Waals surface area contributed by atoms with Crippen molar-refractivity contribution in [3.63, 3.8) is 0 Å². The van der Waals surface area contributed by atoms with Crippen LogP contribution in [0.25, 0.3) is 21.8 Å². The molecule has 28 heavy (non-hydrogen) atoms. The van der Waals surface area contributed by atoms with Crippen LogP contribution in [0.2, 0.25) is 10.3 Å². The number of halogens is 2. The molecule has 0 aliphatic carbocycles. The lowest BCUT2D eigenvalue weighted by Gasteiger charge is -2.17. The Balaban J connectivity index is 1.81. The summed E-state index contributed by atoms with van der Waals surface area (Å²) in [5.74, 6) is 0.111. The molecule has 0 amide bonds. The second-order valence-corrected chi connectivity index (χ2v) is 7.39. The van der Waals surface area contributed by atoms with Crippen molar-refractivity contribution in [1.29, 1.82) is 0 Å². The summed E-state index contributed by atoms with van der Waals surface area (Å²) in [4.78, 5) is 14.9. The summed E-state index contributed by atoms with van der Waals surface area (Å²) >= 11 is 12.3. The number of phenols is 1. The maximum absolute atomic E-state index is 9.75. The zero-order chi connectivity index (χ0) is 19.3. The molecule has 4 aromatic heterocycles. The van der Waals surface area contributed by atoms with Crippen molar-refractivity contribution in [3.05, 3.63) is 88.2 Å². The van der Waals surface area contributed by atoms with E-state index < -0.39 is 0 Å². The van der Waals surface area contributed by atoms with Crippen LogP contribution >= 0.6 is 23.2 Å². The summed E-state index contributed by atoms with van der Waals surface area (Å²) < 4.78 is 0. The molecule has 0 aliphatic rings. The number of pyridine rings is 2. The quantitative estimate of drug-likeness (QED) is 0.338. The number of aromatic nitrogens is 4. The first-order valence-electron chi connectivity index (χ1n) is 8.64. The zero-order valence-corrected chi connectivity index (χ0v) is 16.0. The summed E-state index contributed by atoms with van der Waals surface area (Å²) in [6.45, 7) is 0. The van der Waals surface area contributed by atoms with Crippen molar-refractivity contribution in [2.45, 2.75) is 5.92 Å². The van der Waals surface area contributed by atoms with E-state index in [0.29, 0.717) is 10.3 Å². The van der Waals surface area contributed by atoms with Gasteiger partial charge in [-0.15, -0.1) is 0 Å². The molecule has 138 valence electrons. The zero-order valence-electron chi connectivity index (χ0n) is 14.4.